The van der Waals surface area contributed by atoms with Crippen molar-refractivity contribution in [2.75, 3.05) is 6.54 Å². The normalized spacial score (nSPS) is 15.3. The Morgan fingerprint density at radius 2 is 1.84 bits per heavy atom. The van der Waals surface area contributed by atoms with Gasteiger partial charge >= 0.3 is 5.51 Å². The van der Waals surface area contributed by atoms with E-state index in [1.54, 1.807) is 0 Å². The van der Waals surface area contributed by atoms with Crippen molar-refractivity contribution in [2.24, 2.45) is 11.7 Å². The van der Waals surface area contributed by atoms with Gasteiger partial charge in [0.15, 0.2) is 0 Å². The largest absolute Gasteiger partial charge is 0.446 e. The van der Waals surface area contributed by atoms with Gasteiger partial charge < -0.3 is 10.8 Å². The van der Waals surface area contributed by atoms with Crippen molar-refractivity contribution in [3.63, 3.8) is 0 Å². The van der Waals surface area contributed by atoms with Crippen molar-refractivity contribution in [1.82, 2.24) is 0 Å². The molecule has 0 aromatic heterocycles. The van der Waals surface area contributed by atoms with Crippen LogP contribution in [0.3, 0.4) is 0 Å². The third-order valence-electron chi connectivity index (χ3n) is 2.86. The molecule has 2 unspecified atom stereocenters. The van der Waals surface area contributed by atoms with Crippen molar-refractivity contribution >= 4 is 11.8 Å². The maximum Gasteiger partial charge on any atom is 0.446 e. The van der Waals surface area contributed by atoms with Gasteiger partial charge in [0.1, 0.15) is 0 Å². The van der Waals surface area contributed by atoms with Crippen LogP contribution in [0.2, 0.25) is 0 Å². The molecular formula is C13H18F3NOS. The molecule has 0 aliphatic carbocycles. The fraction of sp³-hybridized carbons (Fsp3) is 0.538. The van der Waals surface area contributed by atoms with Gasteiger partial charge in [-0.2, -0.15) is 13.2 Å². The molecular weight excluding hydrogens is 275 g/mol. The fourth-order valence-corrected chi connectivity index (χ4v) is 2.45. The summed E-state index contributed by atoms with van der Waals surface area (Å²) in [4.78, 5) is 0.114. The maximum atomic E-state index is 12.2. The molecule has 0 amide bonds. The molecule has 0 spiro atoms. The lowest BCUT2D eigenvalue weighted by Crippen LogP contribution is -2.21. The molecule has 1 aromatic carbocycles. The summed E-state index contributed by atoms with van der Waals surface area (Å²) in [6.45, 7) is 2.35. The van der Waals surface area contributed by atoms with E-state index in [9.17, 15) is 18.3 Å². The van der Waals surface area contributed by atoms with Crippen molar-refractivity contribution in [1.29, 1.82) is 0 Å². The summed E-state index contributed by atoms with van der Waals surface area (Å²) in [5.41, 5.74) is 1.91. The van der Waals surface area contributed by atoms with Crippen LogP contribution in [0, 0.1) is 5.92 Å². The van der Waals surface area contributed by atoms with Crippen molar-refractivity contribution in [2.45, 2.75) is 36.3 Å². The number of aliphatic hydroxyl groups excluding tert-OH is 1. The second kappa shape index (κ2) is 7.17. The summed E-state index contributed by atoms with van der Waals surface area (Å²) in [5, 5.41) is 10.1. The highest BCUT2D eigenvalue weighted by molar-refractivity contribution is 8.00. The van der Waals surface area contributed by atoms with Crippen LogP contribution >= 0.6 is 11.8 Å². The second-order valence-electron chi connectivity index (χ2n) is 4.35. The average Bonchev–Trinajstić information content (AvgIpc) is 2.34. The third-order valence-corrected chi connectivity index (χ3v) is 3.60. The van der Waals surface area contributed by atoms with E-state index < -0.39 is 11.6 Å². The van der Waals surface area contributed by atoms with Crippen molar-refractivity contribution in [3.05, 3.63) is 29.8 Å². The van der Waals surface area contributed by atoms with Crippen LogP contribution in [0.25, 0.3) is 0 Å². The molecule has 0 aliphatic heterocycles. The Morgan fingerprint density at radius 3 is 2.26 bits per heavy atom. The van der Waals surface area contributed by atoms with Gasteiger partial charge in [0.2, 0.25) is 0 Å². The van der Waals surface area contributed by atoms with E-state index in [4.69, 9.17) is 5.73 Å². The molecule has 2 nitrogen and oxygen atoms in total. The number of benzene rings is 1. The minimum atomic E-state index is -4.29. The average molecular weight is 293 g/mol. The summed E-state index contributed by atoms with van der Waals surface area (Å²) in [5.74, 6) is -0.0638. The summed E-state index contributed by atoms with van der Waals surface area (Å²) in [6, 6.07) is 5.79. The Labute approximate surface area is 115 Å². The number of hydrogen-bond donors (Lipinski definition) is 2. The highest BCUT2D eigenvalue weighted by Crippen LogP contribution is 2.37. The van der Waals surface area contributed by atoms with E-state index in [2.05, 4.69) is 0 Å². The van der Waals surface area contributed by atoms with Crippen LogP contribution in [-0.2, 0) is 0 Å². The summed E-state index contributed by atoms with van der Waals surface area (Å²) in [6.07, 6.45) is 0.965. The third kappa shape index (κ3) is 5.42. The monoisotopic (exact) mass is 293 g/mol. The van der Waals surface area contributed by atoms with Crippen LogP contribution in [0.5, 0.6) is 0 Å². The van der Waals surface area contributed by atoms with E-state index in [0.717, 1.165) is 12.8 Å². The van der Waals surface area contributed by atoms with Gasteiger partial charge in [-0.3, -0.25) is 0 Å². The molecule has 3 N–H and O–H groups in total. The first kappa shape index (κ1) is 16.3. The maximum absolute atomic E-state index is 12.2. The lowest BCUT2D eigenvalue weighted by Gasteiger charge is -2.21. The van der Waals surface area contributed by atoms with Crippen LogP contribution in [0.1, 0.15) is 31.4 Å². The van der Waals surface area contributed by atoms with Gasteiger partial charge in [-0.1, -0.05) is 25.5 Å². The van der Waals surface area contributed by atoms with Crippen LogP contribution in [0.15, 0.2) is 29.2 Å². The molecule has 0 saturated heterocycles. The number of thioether (sulfide) groups is 1. The molecule has 1 rings (SSSR count). The van der Waals surface area contributed by atoms with Gasteiger partial charge in [-0.05, 0) is 42.4 Å². The Morgan fingerprint density at radius 1 is 1.26 bits per heavy atom. The summed E-state index contributed by atoms with van der Waals surface area (Å²) in [7, 11) is 0. The predicted octanol–water partition coefficient (Wildman–Crippen LogP) is 3.71. The number of nitrogens with two attached hydrogens (primary N) is 1. The SMILES string of the molecule is CCCC(CN)C(O)c1ccc(SC(F)(F)F)cc1. The Kier molecular flexibility index (Phi) is 6.16. The summed E-state index contributed by atoms with van der Waals surface area (Å²) < 4.78 is 36.5. The number of aliphatic hydroxyl groups is 1. The van der Waals surface area contributed by atoms with Gasteiger partial charge in [-0.15, -0.1) is 0 Å². The van der Waals surface area contributed by atoms with Gasteiger partial charge in [-0.25, -0.2) is 0 Å². The molecule has 0 fully saturated rings. The number of rotatable bonds is 6. The van der Waals surface area contributed by atoms with Crippen LogP contribution < -0.4 is 5.73 Å². The Bertz CT molecular complexity index is 380. The smallest absolute Gasteiger partial charge is 0.388 e. The molecule has 0 radical (unpaired) electrons. The molecule has 19 heavy (non-hydrogen) atoms. The lowest BCUT2D eigenvalue weighted by molar-refractivity contribution is -0.0328. The lowest BCUT2D eigenvalue weighted by atomic mass is 9.92. The zero-order valence-corrected chi connectivity index (χ0v) is 11.5. The topological polar surface area (TPSA) is 46.2 Å². The van der Waals surface area contributed by atoms with E-state index >= 15 is 0 Å². The molecule has 0 bridgehead atoms. The molecule has 0 saturated carbocycles. The Hall–Kier alpha value is -0.720. The first-order valence-electron chi connectivity index (χ1n) is 6.11. The quantitative estimate of drug-likeness (QED) is 0.786. The van der Waals surface area contributed by atoms with E-state index in [1.807, 2.05) is 6.92 Å². The number of hydrogen-bond acceptors (Lipinski definition) is 3. The minimum absolute atomic E-state index is 0.0638. The standard InChI is InChI=1S/C13H18F3NOS/c1-2-3-10(8-17)12(18)9-4-6-11(7-5-9)19-13(14,15)16/h4-7,10,12,18H,2-3,8,17H2,1H3. The number of alkyl halides is 3. The van der Waals surface area contributed by atoms with Crippen molar-refractivity contribution in [3.8, 4) is 0 Å². The van der Waals surface area contributed by atoms with Gasteiger partial charge in [0.25, 0.3) is 0 Å². The molecule has 2 atom stereocenters. The van der Waals surface area contributed by atoms with Crippen molar-refractivity contribution < 1.29 is 18.3 Å². The first-order valence-corrected chi connectivity index (χ1v) is 6.93. The van der Waals surface area contributed by atoms with Crippen LogP contribution in [0.4, 0.5) is 13.2 Å². The van der Waals surface area contributed by atoms with Crippen LogP contribution in [-0.4, -0.2) is 17.2 Å². The molecule has 108 valence electrons. The van der Waals surface area contributed by atoms with Gasteiger partial charge in [0, 0.05) is 10.8 Å². The van der Waals surface area contributed by atoms with Gasteiger partial charge in [0.05, 0.1) is 6.10 Å². The first-order chi connectivity index (χ1) is 8.87. The second-order valence-corrected chi connectivity index (χ2v) is 5.48. The minimum Gasteiger partial charge on any atom is -0.388 e. The zero-order valence-electron chi connectivity index (χ0n) is 10.7. The molecule has 0 aliphatic rings. The highest BCUT2D eigenvalue weighted by Gasteiger charge is 2.29. The highest BCUT2D eigenvalue weighted by atomic mass is 32.2. The number of halogens is 3. The fourth-order valence-electron chi connectivity index (χ4n) is 1.91. The van der Waals surface area contributed by atoms with E-state index in [1.165, 1.54) is 24.3 Å². The van der Waals surface area contributed by atoms with E-state index in [-0.39, 0.29) is 22.6 Å². The predicted molar refractivity (Wildman–Crippen MR) is 70.8 cm³/mol. The van der Waals surface area contributed by atoms with E-state index in [0.29, 0.717) is 12.1 Å². The summed E-state index contributed by atoms with van der Waals surface area (Å²) >= 11 is -0.161. The Balaban J connectivity index is 2.74. The molecule has 0 heterocycles. The molecule has 6 heteroatoms. The molecule has 1 aromatic rings. The zero-order chi connectivity index (χ0) is 14.5.